The Balaban J connectivity index is 2.36. The van der Waals surface area contributed by atoms with E-state index in [2.05, 4.69) is 37.9 Å². The van der Waals surface area contributed by atoms with Crippen molar-refractivity contribution in [3.05, 3.63) is 0 Å². The van der Waals surface area contributed by atoms with Crippen molar-refractivity contribution in [2.75, 3.05) is 13.1 Å². The minimum Gasteiger partial charge on any atom is -0.313 e. The van der Waals surface area contributed by atoms with E-state index in [1.807, 2.05) is 0 Å². The van der Waals surface area contributed by atoms with Crippen LogP contribution in [0.2, 0.25) is 0 Å². The first kappa shape index (κ1) is 15.0. The Morgan fingerprint density at radius 2 is 1.76 bits per heavy atom. The van der Waals surface area contributed by atoms with Gasteiger partial charge in [0.2, 0.25) is 0 Å². The highest BCUT2D eigenvalue weighted by molar-refractivity contribution is 4.80. The van der Waals surface area contributed by atoms with Gasteiger partial charge in [-0.15, -0.1) is 0 Å². The van der Waals surface area contributed by atoms with Crippen LogP contribution < -0.4 is 5.32 Å². The molecule has 2 nitrogen and oxygen atoms in total. The smallest absolute Gasteiger partial charge is 0.0195 e. The van der Waals surface area contributed by atoms with Crippen LogP contribution in [0.15, 0.2) is 0 Å². The molecule has 0 aliphatic heterocycles. The summed E-state index contributed by atoms with van der Waals surface area (Å²) in [4.78, 5) is 2.72. The van der Waals surface area contributed by atoms with E-state index in [-0.39, 0.29) is 0 Å². The van der Waals surface area contributed by atoms with Crippen LogP contribution in [0, 0.1) is 0 Å². The molecule has 1 rings (SSSR count). The molecule has 0 aromatic carbocycles. The minimum atomic E-state index is 0.655. The lowest BCUT2D eigenvalue weighted by atomic mass is 9.93. The van der Waals surface area contributed by atoms with Gasteiger partial charge in [-0.3, -0.25) is 4.90 Å². The van der Waals surface area contributed by atoms with Crippen LogP contribution in [0.3, 0.4) is 0 Å². The van der Waals surface area contributed by atoms with Crippen molar-refractivity contribution in [2.24, 2.45) is 0 Å². The first-order valence-corrected chi connectivity index (χ1v) is 7.68. The van der Waals surface area contributed by atoms with Crippen molar-refractivity contribution in [3.8, 4) is 0 Å². The van der Waals surface area contributed by atoms with Crippen molar-refractivity contribution >= 4 is 0 Å². The molecule has 102 valence electrons. The van der Waals surface area contributed by atoms with Gasteiger partial charge in [-0.1, -0.05) is 33.1 Å². The van der Waals surface area contributed by atoms with Crippen LogP contribution in [0.5, 0.6) is 0 Å². The fraction of sp³-hybridized carbons (Fsp3) is 1.00. The summed E-state index contributed by atoms with van der Waals surface area (Å²) in [5.74, 6) is 0. The Bertz CT molecular complexity index is 187. The Morgan fingerprint density at radius 1 is 1.12 bits per heavy atom. The van der Waals surface area contributed by atoms with Crippen LogP contribution in [-0.2, 0) is 0 Å². The number of rotatable bonds is 7. The molecular weight excluding hydrogens is 208 g/mol. The fourth-order valence-corrected chi connectivity index (χ4v) is 2.98. The molecule has 0 amide bonds. The standard InChI is InChI=1S/C15H32N2/c1-5-13(3)16-12-14(4)17(6-2)15-10-8-7-9-11-15/h13-16H,5-12H2,1-4H3. The fourth-order valence-electron chi connectivity index (χ4n) is 2.98. The van der Waals surface area contributed by atoms with Gasteiger partial charge in [0.1, 0.15) is 0 Å². The zero-order valence-corrected chi connectivity index (χ0v) is 12.3. The van der Waals surface area contributed by atoms with Crippen molar-refractivity contribution < 1.29 is 0 Å². The lowest BCUT2D eigenvalue weighted by molar-refractivity contribution is 0.116. The number of nitrogens with one attached hydrogen (secondary N) is 1. The third-order valence-corrected chi connectivity index (χ3v) is 4.35. The summed E-state index contributed by atoms with van der Waals surface area (Å²) in [6, 6.07) is 2.18. The number of hydrogen-bond acceptors (Lipinski definition) is 2. The van der Waals surface area contributed by atoms with Crippen molar-refractivity contribution in [1.29, 1.82) is 0 Å². The number of hydrogen-bond donors (Lipinski definition) is 1. The zero-order valence-electron chi connectivity index (χ0n) is 12.3. The molecule has 0 heterocycles. The predicted molar refractivity (Wildman–Crippen MR) is 76.5 cm³/mol. The molecule has 0 saturated heterocycles. The monoisotopic (exact) mass is 240 g/mol. The van der Waals surface area contributed by atoms with Gasteiger partial charge in [-0.2, -0.15) is 0 Å². The van der Waals surface area contributed by atoms with Crippen LogP contribution in [0.25, 0.3) is 0 Å². The predicted octanol–water partition coefficient (Wildman–Crippen LogP) is 3.42. The Hall–Kier alpha value is -0.0800. The molecule has 0 spiro atoms. The average Bonchev–Trinajstić information content (AvgIpc) is 2.38. The number of nitrogens with zero attached hydrogens (tertiary/aromatic N) is 1. The summed E-state index contributed by atoms with van der Waals surface area (Å²) in [6.07, 6.45) is 8.39. The van der Waals surface area contributed by atoms with Crippen molar-refractivity contribution in [3.63, 3.8) is 0 Å². The number of likely N-dealkylation sites (N-methyl/N-ethyl adjacent to an activating group) is 1. The molecule has 17 heavy (non-hydrogen) atoms. The van der Waals surface area contributed by atoms with E-state index in [0.29, 0.717) is 12.1 Å². The topological polar surface area (TPSA) is 15.3 Å². The highest BCUT2D eigenvalue weighted by atomic mass is 15.2. The highest BCUT2D eigenvalue weighted by Gasteiger charge is 2.23. The molecule has 1 aliphatic rings. The van der Waals surface area contributed by atoms with Crippen LogP contribution in [0.1, 0.15) is 66.2 Å². The van der Waals surface area contributed by atoms with Crippen molar-refractivity contribution in [2.45, 2.75) is 84.3 Å². The third kappa shape index (κ3) is 4.97. The summed E-state index contributed by atoms with van der Waals surface area (Å²) in [5.41, 5.74) is 0. The van der Waals surface area contributed by atoms with Gasteiger partial charge in [-0.25, -0.2) is 0 Å². The third-order valence-electron chi connectivity index (χ3n) is 4.35. The summed E-state index contributed by atoms with van der Waals surface area (Å²) < 4.78 is 0. The van der Waals surface area contributed by atoms with Crippen LogP contribution in [0.4, 0.5) is 0 Å². The van der Waals surface area contributed by atoms with E-state index in [0.717, 1.165) is 12.6 Å². The molecular formula is C15H32N2. The van der Waals surface area contributed by atoms with Gasteiger partial charge in [0.25, 0.3) is 0 Å². The van der Waals surface area contributed by atoms with E-state index in [4.69, 9.17) is 0 Å². The van der Waals surface area contributed by atoms with E-state index in [9.17, 15) is 0 Å². The normalized spacial score (nSPS) is 21.7. The van der Waals surface area contributed by atoms with Gasteiger partial charge >= 0.3 is 0 Å². The first-order chi connectivity index (χ1) is 8.19. The summed E-state index contributed by atoms with van der Waals surface area (Å²) in [6.45, 7) is 11.6. The van der Waals surface area contributed by atoms with E-state index in [1.54, 1.807) is 0 Å². The highest BCUT2D eigenvalue weighted by Crippen LogP contribution is 2.23. The molecule has 0 radical (unpaired) electrons. The average molecular weight is 240 g/mol. The molecule has 2 unspecified atom stereocenters. The molecule has 1 fully saturated rings. The van der Waals surface area contributed by atoms with Crippen LogP contribution in [-0.4, -0.2) is 36.1 Å². The maximum Gasteiger partial charge on any atom is 0.0195 e. The van der Waals surface area contributed by atoms with Gasteiger partial charge in [0.05, 0.1) is 0 Å². The van der Waals surface area contributed by atoms with Gasteiger partial charge in [-0.05, 0) is 39.7 Å². The largest absolute Gasteiger partial charge is 0.313 e. The SMILES string of the molecule is CCC(C)NCC(C)N(CC)C1CCCCC1. The molecule has 1 aliphatic carbocycles. The molecule has 2 heteroatoms. The second kappa shape index (κ2) is 8.10. The van der Waals surface area contributed by atoms with Gasteiger partial charge in [0, 0.05) is 24.7 Å². The lowest BCUT2D eigenvalue weighted by Gasteiger charge is -2.38. The maximum atomic E-state index is 3.64. The molecule has 0 aromatic heterocycles. The molecule has 0 aromatic rings. The first-order valence-electron chi connectivity index (χ1n) is 7.68. The van der Waals surface area contributed by atoms with E-state index >= 15 is 0 Å². The van der Waals surface area contributed by atoms with E-state index in [1.165, 1.54) is 45.1 Å². The second-order valence-corrected chi connectivity index (χ2v) is 5.69. The molecule has 1 N–H and O–H groups in total. The summed E-state index contributed by atoms with van der Waals surface area (Å²) >= 11 is 0. The lowest BCUT2D eigenvalue weighted by Crippen LogP contribution is -2.48. The zero-order chi connectivity index (χ0) is 12.7. The minimum absolute atomic E-state index is 0.655. The second-order valence-electron chi connectivity index (χ2n) is 5.69. The maximum absolute atomic E-state index is 3.64. The molecule has 2 atom stereocenters. The summed E-state index contributed by atoms with van der Waals surface area (Å²) in [5, 5.41) is 3.64. The van der Waals surface area contributed by atoms with E-state index < -0.39 is 0 Å². The Morgan fingerprint density at radius 3 is 2.29 bits per heavy atom. The van der Waals surface area contributed by atoms with Gasteiger partial charge < -0.3 is 5.32 Å². The molecule has 0 bridgehead atoms. The Kier molecular flexibility index (Phi) is 7.14. The quantitative estimate of drug-likeness (QED) is 0.733. The molecule has 1 saturated carbocycles. The van der Waals surface area contributed by atoms with Crippen LogP contribution >= 0.6 is 0 Å². The van der Waals surface area contributed by atoms with Gasteiger partial charge in [0.15, 0.2) is 0 Å². The summed E-state index contributed by atoms with van der Waals surface area (Å²) in [7, 11) is 0. The van der Waals surface area contributed by atoms with Crippen molar-refractivity contribution in [1.82, 2.24) is 10.2 Å². The Labute approximate surface area is 108 Å².